The lowest BCUT2D eigenvalue weighted by Crippen LogP contribution is -2.47. The van der Waals surface area contributed by atoms with Gasteiger partial charge in [-0.15, -0.1) is 0 Å². The number of nitrogens with zero attached hydrogens (tertiary/aromatic N) is 2. The van der Waals surface area contributed by atoms with Crippen molar-refractivity contribution in [2.24, 2.45) is 7.05 Å². The van der Waals surface area contributed by atoms with Crippen LogP contribution >= 0.6 is 0 Å². The molecular weight excluding hydrogens is 391 g/mol. The summed E-state index contributed by atoms with van der Waals surface area (Å²) < 4.78 is 26.8. The van der Waals surface area contributed by atoms with Crippen LogP contribution in [-0.2, 0) is 16.6 Å². The summed E-state index contributed by atoms with van der Waals surface area (Å²) >= 11 is 0. The van der Waals surface area contributed by atoms with Crippen LogP contribution in [0.25, 0.3) is 10.9 Å². The van der Waals surface area contributed by atoms with Gasteiger partial charge < -0.3 is 14.0 Å². The van der Waals surface area contributed by atoms with Crippen molar-refractivity contribution in [3.63, 3.8) is 0 Å². The summed E-state index contributed by atoms with van der Waals surface area (Å²) in [6.07, 6.45) is 0.529. The van der Waals surface area contributed by atoms with E-state index in [1.54, 1.807) is 43.5 Å². The zero-order valence-corrected chi connectivity index (χ0v) is 16.6. The normalized spacial score (nSPS) is 20.4. The fourth-order valence-electron chi connectivity index (χ4n) is 4.27. The molecule has 0 saturated carbocycles. The fourth-order valence-corrected chi connectivity index (χ4v) is 4.27. The first-order valence-electron chi connectivity index (χ1n) is 9.70. The lowest BCUT2D eigenvalue weighted by molar-refractivity contribution is -0.537. The maximum absolute atomic E-state index is 14.0. The molecular formula is C22H21FN2O5. The zero-order valence-electron chi connectivity index (χ0n) is 16.6. The summed E-state index contributed by atoms with van der Waals surface area (Å²) in [5.74, 6) is -1.22. The smallest absolute Gasteiger partial charge is 0.309 e. The molecule has 8 heteroatoms. The molecule has 30 heavy (non-hydrogen) atoms. The van der Waals surface area contributed by atoms with Crippen LogP contribution in [0.4, 0.5) is 4.39 Å². The monoisotopic (exact) mass is 412 g/mol. The van der Waals surface area contributed by atoms with E-state index in [9.17, 15) is 19.3 Å². The number of hydrogen-bond acceptors (Lipinski definition) is 5. The Morgan fingerprint density at radius 2 is 2.03 bits per heavy atom. The third kappa shape index (κ3) is 3.38. The first-order valence-corrected chi connectivity index (χ1v) is 9.70. The summed E-state index contributed by atoms with van der Waals surface area (Å²) in [5.41, 5.74) is 2.02. The third-order valence-corrected chi connectivity index (χ3v) is 5.49. The average Bonchev–Trinajstić information content (AvgIpc) is 3.02. The van der Waals surface area contributed by atoms with Gasteiger partial charge >= 0.3 is 5.97 Å². The SMILES string of the molecule is CCOC(=O)CC1Oc2ccccc2C(c2cn(C)c3ccc(F)cc23)C1[N+](=O)[O-]. The van der Waals surface area contributed by atoms with Crippen molar-refractivity contribution >= 4 is 16.9 Å². The second kappa shape index (κ2) is 7.78. The Balaban J connectivity index is 1.90. The number of rotatable bonds is 5. The van der Waals surface area contributed by atoms with Crippen molar-refractivity contribution in [2.45, 2.75) is 31.4 Å². The van der Waals surface area contributed by atoms with Crippen molar-refractivity contribution in [1.29, 1.82) is 0 Å². The summed E-state index contributed by atoms with van der Waals surface area (Å²) in [4.78, 5) is 23.9. The summed E-state index contributed by atoms with van der Waals surface area (Å²) in [6, 6.07) is 10.2. The number of nitro groups is 1. The molecule has 1 aliphatic rings. The Bertz CT molecular complexity index is 1130. The Labute approximate surface area is 172 Å². The number of esters is 1. The lowest BCUT2D eigenvalue weighted by Gasteiger charge is -2.34. The van der Waals surface area contributed by atoms with E-state index in [-0.39, 0.29) is 13.0 Å². The van der Waals surface area contributed by atoms with Crippen molar-refractivity contribution in [2.75, 3.05) is 6.61 Å². The van der Waals surface area contributed by atoms with Crippen LogP contribution in [0.1, 0.15) is 30.4 Å². The molecule has 3 atom stereocenters. The van der Waals surface area contributed by atoms with Crippen LogP contribution in [0.2, 0.25) is 0 Å². The fraction of sp³-hybridized carbons (Fsp3) is 0.318. The second-order valence-corrected chi connectivity index (χ2v) is 7.31. The highest BCUT2D eigenvalue weighted by Crippen LogP contribution is 2.45. The van der Waals surface area contributed by atoms with Gasteiger partial charge in [0.2, 0.25) is 0 Å². The zero-order chi connectivity index (χ0) is 21.4. The molecule has 3 aromatic rings. The molecule has 1 aromatic heterocycles. The number of benzene rings is 2. The first-order chi connectivity index (χ1) is 14.4. The Hall–Kier alpha value is -3.42. The van der Waals surface area contributed by atoms with Crippen LogP contribution in [0.5, 0.6) is 5.75 Å². The minimum Gasteiger partial charge on any atom is -0.482 e. The highest BCUT2D eigenvalue weighted by Gasteiger charge is 2.49. The van der Waals surface area contributed by atoms with Gasteiger partial charge in [-0.25, -0.2) is 4.39 Å². The summed E-state index contributed by atoms with van der Waals surface area (Å²) in [7, 11) is 1.81. The average molecular weight is 412 g/mol. The highest BCUT2D eigenvalue weighted by molar-refractivity contribution is 5.85. The van der Waals surface area contributed by atoms with E-state index in [1.165, 1.54) is 12.1 Å². The molecule has 0 bridgehead atoms. The molecule has 0 N–H and O–H groups in total. The molecule has 1 aliphatic heterocycles. The molecule has 2 heterocycles. The molecule has 2 aromatic carbocycles. The summed E-state index contributed by atoms with van der Waals surface area (Å²) in [6.45, 7) is 1.85. The van der Waals surface area contributed by atoms with Crippen LogP contribution < -0.4 is 4.74 Å². The molecule has 7 nitrogen and oxygen atoms in total. The maximum atomic E-state index is 14.0. The molecule has 0 saturated heterocycles. The highest BCUT2D eigenvalue weighted by atomic mass is 19.1. The molecule has 0 radical (unpaired) electrons. The predicted octanol–water partition coefficient (Wildman–Crippen LogP) is 3.81. The van der Waals surface area contributed by atoms with Gasteiger partial charge in [0, 0.05) is 34.6 Å². The number of ether oxygens (including phenoxy) is 2. The number of hydrogen-bond donors (Lipinski definition) is 0. The molecule has 156 valence electrons. The first kappa shape index (κ1) is 19.9. The van der Waals surface area contributed by atoms with Gasteiger partial charge in [0.25, 0.3) is 6.04 Å². The van der Waals surface area contributed by atoms with E-state index in [1.807, 2.05) is 11.6 Å². The number of aromatic nitrogens is 1. The second-order valence-electron chi connectivity index (χ2n) is 7.31. The van der Waals surface area contributed by atoms with Crippen molar-refractivity contribution in [3.05, 3.63) is 75.7 Å². The van der Waals surface area contributed by atoms with Gasteiger partial charge in [-0.3, -0.25) is 14.9 Å². The number of halogens is 1. The number of carbonyl (C=O) groups is 1. The van der Waals surface area contributed by atoms with Gasteiger partial charge in [-0.2, -0.15) is 0 Å². The number of carbonyl (C=O) groups excluding carboxylic acids is 1. The minimum atomic E-state index is -1.24. The molecule has 0 aliphatic carbocycles. The van der Waals surface area contributed by atoms with Gasteiger partial charge in [0.1, 0.15) is 11.6 Å². The van der Waals surface area contributed by atoms with Gasteiger partial charge in [-0.05, 0) is 36.8 Å². The van der Waals surface area contributed by atoms with Crippen molar-refractivity contribution < 1.29 is 23.6 Å². The van der Waals surface area contributed by atoms with Gasteiger partial charge in [0.15, 0.2) is 6.10 Å². The van der Waals surface area contributed by atoms with Crippen LogP contribution in [0.15, 0.2) is 48.7 Å². The Morgan fingerprint density at radius 1 is 1.27 bits per heavy atom. The number of aryl methyl sites for hydroxylation is 1. The molecule has 0 fully saturated rings. The van der Waals surface area contributed by atoms with E-state index in [2.05, 4.69) is 0 Å². The largest absolute Gasteiger partial charge is 0.482 e. The van der Waals surface area contributed by atoms with Crippen LogP contribution in [-0.4, -0.2) is 34.2 Å². The number of fused-ring (bicyclic) bond motifs is 2. The van der Waals surface area contributed by atoms with Gasteiger partial charge in [0.05, 0.1) is 18.9 Å². The van der Waals surface area contributed by atoms with Crippen LogP contribution in [0, 0.1) is 15.9 Å². The van der Waals surface area contributed by atoms with Crippen molar-refractivity contribution in [3.8, 4) is 5.75 Å². The van der Waals surface area contributed by atoms with E-state index < -0.39 is 34.8 Å². The van der Waals surface area contributed by atoms with Crippen molar-refractivity contribution in [1.82, 2.24) is 4.57 Å². The Morgan fingerprint density at radius 3 is 2.77 bits per heavy atom. The molecule has 3 unspecified atom stereocenters. The maximum Gasteiger partial charge on any atom is 0.309 e. The Kier molecular flexibility index (Phi) is 5.15. The number of para-hydroxylation sites is 1. The minimum absolute atomic E-state index is 0.178. The lowest BCUT2D eigenvalue weighted by atomic mass is 9.79. The van der Waals surface area contributed by atoms with E-state index >= 15 is 0 Å². The predicted molar refractivity (Wildman–Crippen MR) is 108 cm³/mol. The van der Waals surface area contributed by atoms with E-state index in [0.717, 1.165) is 5.52 Å². The third-order valence-electron chi connectivity index (χ3n) is 5.49. The quantitative estimate of drug-likeness (QED) is 0.362. The van der Waals surface area contributed by atoms with Gasteiger partial charge in [-0.1, -0.05) is 18.2 Å². The molecule has 0 spiro atoms. The summed E-state index contributed by atoms with van der Waals surface area (Å²) in [5, 5.41) is 12.8. The molecule has 4 rings (SSSR count). The van der Waals surface area contributed by atoms with Crippen LogP contribution in [0.3, 0.4) is 0 Å². The topological polar surface area (TPSA) is 83.6 Å². The van der Waals surface area contributed by atoms with E-state index in [0.29, 0.717) is 22.3 Å². The van der Waals surface area contributed by atoms with E-state index in [4.69, 9.17) is 9.47 Å². The standard InChI is InChI=1S/C22H21FN2O5/c1-3-29-20(26)11-19-22(25(27)28)21(14-6-4-5-7-18(14)30-19)16-12-24(2)17-9-8-13(23)10-15(16)17/h4-10,12,19,21-22H,3,11H2,1-2H3. The molecule has 0 amide bonds.